The van der Waals surface area contributed by atoms with Crippen LogP contribution in [0.3, 0.4) is 0 Å². The zero-order valence-corrected chi connectivity index (χ0v) is 17.2. The molecule has 1 heterocycles. The number of halogens is 2. The Kier molecular flexibility index (Phi) is 6.71. The highest BCUT2D eigenvalue weighted by Crippen LogP contribution is 2.46. The second-order valence-electron chi connectivity index (χ2n) is 6.26. The molecule has 0 aliphatic carbocycles. The van der Waals surface area contributed by atoms with E-state index in [-0.39, 0.29) is 6.04 Å². The van der Waals surface area contributed by atoms with Crippen molar-refractivity contribution in [1.29, 1.82) is 0 Å². The number of rotatable bonds is 6. The van der Waals surface area contributed by atoms with Crippen LogP contribution in [-0.2, 0) is 0 Å². The highest BCUT2D eigenvalue weighted by atomic mass is 35.5. The van der Waals surface area contributed by atoms with Crippen LogP contribution < -0.4 is 19.5 Å². The number of nitrogens with zero attached hydrogens (tertiary/aromatic N) is 1. The molecule has 1 fully saturated rings. The van der Waals surface area contributed by atoms with Gasteiger partial charge in [-0.05, 0) is 23.8 Å². The molecule has 0 radical (unpaired) electrons. The Labute approximate surface area is 170 Å². The lowest BCUT2D eigenvalue weighted by Gasteiger charge is -2.36. The molecule has 1 N–H and O–H groups in total. The highest BCUT2D eigenvalue weighted by Gasteiger charge is 2.31. The third-order valence-electron chi connectivity index (χ3n) is 4.82. The van der Waals surface area contributed by atoms with E-state index in [0.29, 0.717) is 27.3 Å². The van der Waals surface area contributed by atoms with Crippen LogP contribution in [0.15, 0.2) is 30.3 Å². The van der Waals surface area contributed by atoms with E-state index in [1.54, 1.807) is 27.4 Å². The van der Waals surface area contributed by atoms with E-state index in [1.165, 1.54) is 0 Å². The van der Waals surface area contributed by atoms with Crippen LogP contribution >= 0.6 is 23.2 Å². The molecule has 1 atom stereocenters. The molecule has 7 heteroatoms. The molecule has 27 heavy (non-hydrogen) atoms. The highest BCUT2D eigenvalue weighted by molar-refractivity contribution is 6.42. The predicted octanol–water partition coefficient (Wildman–Crippen LogP) is 4.01. The smallest absolute Gasteiger partial charge is 0.203 e. The molecular weight excluding hydrogens is 387 g/mol. The van der Waals surface area contributed by atoms with Gasteiger partial charge >= 0.3 is 0 Å². The van der Waals surface area contributed by atoms with Crippen LogP contribution in [0.5, 0.6) is 17.2 Å². The molecule has 0 spiro atoms. The minimum absolute atomic E-state index is 0.118. The van der Waals surface area contributed by atoms with Gasteiger partial charge in [-0.2, -0.15) is 0 Å². The summed E-state index contributed by atoms with van der Waals surface area (Å²) in [5.41, 5.74) is 1.90. The predicted molar refractivity (Wildman–Crippen MR) is 109 cm³/mol. The fraction of sp³-hybridized carbons (Fsp3) is 0.400. The Morgan fingerprint density at radius 3 is 2.22 bits per heavy atom. The zero-order chi connectivity index (χ0) is 19.4. The van der Waals surface area contributed by atoms with Crippen LogP contribution in [-0.4, -0.2) is 52.4 Å². The van der Waals surface area contributed by atoms with Crippen molar-refractivity contribution in [1.82, 2.24) is 10.2 Å². The number of methoxy groups -OCH3 is 3. The van der Waals surface area contributed by atoms with Crippen molar-refractivity contribution >= 4 is 23.2 Å². The average Bonchev–Trinajstić information content (AvgIpc) is 2.71. The number of nitrogens with one attached hydrogen (secondary N) is 1. The van der Waals surface area contributed by atoms with E-state index in [4.69, 9.17) is 37.4 Å². The normalized spacial score (nSPS) is 16.0. The van der Waals surface area contributed by atoms with Crippen molar-refractivity contribution in [2.75, 3.05) is 47.5 Å². The Hall–Kier alpha value is -1.66. The van der Waals surface area contributed by atoms with Crippen LogP contribution in [0, 0.1) is 0 Å². The first kappa shape index (κ1) is 20.1. The van der Waals surface area contributed by atoms with Crippen molar-refractivity contribution in [3.05, 3.63) is 51.5 Å². The lowest BCUT2D eigenvalue weighted by atomic mass is 9.94. The first-order valence-electron chi connectivity index (χ1n) is 8.79. The molecule has 146 valence electrons. The number of ether oxygens (including phenoxy) is 3. The quantitative estimate of drug-likeness (QED) is 0.778. The summed E-state index contributed by atoms with van der Waals surface area (Å²) in [4.78, 5) is 2.37. The van der Waals surface area contributed by atoms with Gasteiger partial charge in [-0.15, -0.1) is 0 Å². The van der Waals surface area contributed by atoms with Gasteiger partial charge in [-0.1, -0.05) is 35.3 Å². The van der Waals surface area contributed by atoms with Gasteiger partial charge in [-0.25, -0.2) is 0 Å². The van der Waals surface area contributed by atoms with E-state index in [0.717, 1.165) is 37.3 Å². The lowest BCUT2D eigenvalue weighted by Crippen LogP contribution is -2.45. The number of hydrogen-bond donors (Lipinski definition) is 1. The summed E-state index contributed by atoms with van der Waals surface area (Å²) in [6.45, 7) is 3.57. The number of hydrogen-bond acceptors (Lipinski definition) is 5. The van der Waals surface area contributed by atoms with Gasteiger partial charge in [0.05, 0.1) is 37.4 Å². The molecule has 5 nitrogen and oxygen atoms in total. The zero-order valence-electron chi connectivity index (χ0n) is 15.7. The first-order valence-corrected chi connectivity index (χ1v) is 9.55. The summed E-state index contributed by atoms with van der Waals surface area (Å²) in [5, 5.41) is 4.48. The minimum atomic E-state index is -0.118. The maximum Gasteiger partial charge on any atom is 0.203 e. The summed E-state index contributed by atoms with van der Waals surface area (Å²) in [7, 11) is 4.85. The molecule has 0 aromatic heterocycles. The second-order valence-corrected chi connectivity index (χ2v) is 7.04. The number of piperazine rings is 1. The molecular formula is C20H24Cl2N2O3. The van der Waals surface area contributed by atoms with Crippen LogP contribution in [0.25, 0.3) is 0 Å². The number of benzene rings is 2. The summed E-state index contributed by atoms with van der Waals surface area (Å²) in [6.07, 6.45) is 0. The van der Waals surface area contributed by atoms with Crippen molar-refractivity contribution in [2.45, 2.75) is 6.04 Å². The molecule has 0 saturated carbocycles. The Morgan fingerprint density at radius 1 is 0.889 bits per heavy atom. The maximum absolute atomic E-state index is 6.61. The maximum atomic E-state index is 6.61. The topological polar surface area (TPSA) is 43.0 Å². The molecule has 0 amide bonds. The minimum Gasteiger partial charge on any atom is -0.493 e. The van der Waals surface area contributed by atoms with Gasteiger partial charge in [0.2, 0.25) is 5.75 Å². The molecule has 1 unspecified atom stereocenters. The fourth-order valence-electron chi connectivity index (χ4n) is 3.57. The van der Waals surface area contributed by atoms with Gasteiger partial charge in [0.25, 0.3) is 0 Å². The van der Waals surface area contributed by atoms with E-state index in [1.807, 2.05) is 24.3 Å². The molecule has 1 aliphatic rings. The fourth-order valence-corrected chi connectivity index (χ4v) is 3.98. The van der Waals surface area contributed by atoms with Gasteiger partial charge in [0.15, 0.2) is 11.5 Å². The summed E-state index contributed by atoms with van der Waals surface area (Å²) < 4.78 is 16.8. The monoisotopic (exact) mass is 410 g/mol. The molecule has 1 saturated heterocycles. The van der Waals surface area contributed by atoms with E-state index < -0.39 is 0 Å². The largest absolute Gasteiger partial charge is 0.493 e. The Balaban J connectivity index is 2.20. The molecule has 2 aromatic rings. The van der Waals surface area contributed by atoms with Gasteiger partial charge in [-0.3, -0.25) is 4.90 Å². The van der Waals surface area contributed by atoms with Crippen molar-refractivity contribution in [3.63, 3.8) is 0 Å². The van der Waals surface area contributed by atoms with Crippen molar-refractivity contribution in [2.24, 2.45) is 0 Å². The third kappa shape index (κ3) is 3.97. The standard InChI is InChI=1S/C20H24Cl2N2O3/c1-25-16-8-7-14(19(26-2)20(16)27-3)18(24-11-9-23-10-12-24)13-5-4-6-15(21)17(13)22/h4-8,18,23H,9-12H2,1-3H3. The molecule has 0 bridgehead atoms. The average molecular weight is 411 g/mol. The summed E-state index contributed by atoms with van der Waals surface area (Å²) in [6, 6.07) is 9.51. The van der Waals surface area contributed by atoms with Gasteiger partial charge < -0.3 is 19.5 Å². The Morgan fingerprint density at radius 2 is 1.59 bits per heavy atom. The van der Waals surface area contributed by atoms with E-state index in [2.05, 4.69) is 10.2 Å². The van der Waals surface area contributed by atoms with Crippen LogP contribution in [0.1, 0.15) is 17.2 Å². The second kappa shape index (κ2) is 9.02. The van der Waals surface area contributed by atoms with Gasteiger partial charge in [0.1, 0.15) is 0 Å². The first-order chi connectivity index (χ1) is 13.1. The van der Waals surface area contributed by atoms with E-state index >= 15 is 0 Å². The summed E-state index contributed by atoms with van der Waals surface area (Å²) in [5.74, 6) is 1.82. The SMILES string of the molecule is COc1ccc(C(c2cccc(Cl)c2Cl)N2CCNCC2)c(OC)c1OC. The Bertz CT molecular complexity index is 795. The van der Waals surface area contributed by atoms with Crippen LogP contribution in [0.2, 0.25) is 10.0 Å². The lowest BCUT2D eigenvalue weighted by molar-refractivity contribution is 0.194. The molecule has 3 rings (SSSR count). The molecule has 1 aliphatic heterocycles. The van der Waals surface area contributed by atoms with Crippen LogP contribution in [0.4, 0.5) is 0 Å². The third-order valence-corrected chi connectivity index (χ3v) is 5.66. The summed E-state index contributed by atoms with van der Waals surface area (Å²) >= 11 is 12.9. The van der Waals surface area contributed by atoms with Crippen molar-refractivity contribution < 1.29 is 14.2 Å². The van der Waals surface area contributed by atoms with Crippen molar-refractivity contribution in [3.8, 4) is 17.2 Å². The van der Waals surface area contributed by atoms with E-state index in [9.17, 15) is 0 Å². The molecule has 2 aromatic carbocycles. The van der Waals surface area contributed by atoms with Gasteiger partial charge in [0, 0.05) is 31.7 Å².